The van der Waals surface area contributed by atoms with Crippen LogP contribution in [0.5, 0.6) is 5.75 Å². The maximum absolute atomic E-state index is 13.5. The molecule has 0 unspecified atom stereocenters. The second kappa shape index (κ2) is 12.7. The highest BCUT2D eigenvalue weighted by Crippen LogP contribution is 2.32. The van der Waals surface area contributed by atoms with Crippen molar-refractivity contribution in [2.45, 2.75) is 86.4 Å². The Kier molecular flexibility index (Phi) is 11.0. The maximum Gasteiger partial charge on any atom is 0.341 e. The molecule has 0 fully saturated rings. The Morgan fingerprint density at radius 1 is 1.00 bits per heavy atom. The standard InChI is InChI=1S/C25H41NO5/c1-9-13-30-25(15-17(3)4,16-18(5)6)24(28)26-20-11-12-22(31-19(7)8)21(14-20)23(27)29-10-2/h11-12,14,17-19H,9-10,13,15-16H2,1-8H3,(H,26,28). The van der Waals surface area contributed by atoms with E-state index in [0.29, 0.717) is 48.3 Å². The third kappa shape index (κ3) is 8.52. The van der Waals surface area contributed by atoms with Gasteiger partial charge in [-0.05, 0) is 70.1 Å². The van der Waals surface area contributed by atoms with Crippen molar-refractivity contribution in [3.8, 4) is 5.75 Å². The molecule has 0 saturated heterocycles. The summed E-state index contributed by atoms with van der Waals surface area (Å²) in [5.41, 5.74) is -0.113. The number of hydrogen-bond acceptors (Lipinski definition) is 5. The van der Waals surface area contributed by atoms with Crippen LogP contribution in [0.15, 0.2) is 18.2 Å². The Morgan fingerprint density at radius 3 is 2.10 bits per heavy atom. The fraction of sp³-hybridized carbons (Fsp3) is 0.680. The molecule has 1 aromatic carbocycles. The number of esters is 1. The highest BCUT2D eigenvalue weighted by molar-refractivity contribution is 5.99. The molecule has 0 aliphatic carbocycles. The van der Waals surface area contributed by atoms with Crippen molar-refractivity contribution < 1.29 is 23.8 Å². The van der Waals surface area contributed by atoms with Gasteiger partial charge in [-0.25, -0.2) is 4.79 Å². The summed E-state index contributed by atoms with van der Waals surface area (Å²) < 4.78 is 17.1. The Bertz CT molecular complexity index is 702. The second-order valence-electron chi connectivity index (χ2n) is 9.09. The van der Waals surface area contributed by atoms with E-state index in [4.69, 9.17) is 14.2 Å². The molecule has 0 aliphatic heterocycles. The normalized spacial score (nSPS) is 11.8. The van der Waals surface area contributed by atoms with E-state index in [1.165, 1.54) is 0 Å². The van der Waals surface area contributed by atoms with Crippen LogP contribution >= 0.6 is 0 Å². The lowest BCUT2D eigenvalue weighted by atomic mass is 9.83. The first-order chi connectivity index (χ1) is 14.5. The van der Waals surface area contributed by atoms with Crippen molar-refractivity contribution >= 4 is 17.6 Å². The molecular formula is C25H41NO5. The van der Waals surface area contributed by atoms with Crippen LogP contribution in [0.4, 0.5) is 5.69 Å². The van der Waals surface area contributed by atoms with Gasteiger partial charge < -0.3 is 19.5 Å². The van der Waals surface area contributed by atoms with Crippen LogP contribution < -0.4 is 10.1 Å². The van der Waals surface area contributed by atoms with E-state index in [9.17, 15) is 9.59 Å². The molecular weight excluding hydrogens is 394 g/mol. The molecule has 0 spiro atoms. The van der Waals surface area contributed by atoms with E-state index < -0.39 is 11.6 Å². The number of benzene rings is 1. The Hall–Kier alpha value is -2.08. The zero-order chi connectivity index (χ0) is 23.6. The van der Waals surface area contributed by atoms with Crippen molar-refractivity contribution in [3.63, 3.8) is 0 Å². The van der Waals surface area contributed by atoms with Crippen LogP contribution in [0.2, 0.25) is 0 Å². The van der Waals surface area contributed by atoms with Gasteiger partial charge in [-0.15, -0.1) is 0 Å². The molecule has 31 heavy (non-hydrogen) atoms. The first-order valence-corrected chi connectivity index (χ1v) is 11.5. The van der Waals surface area contributed by atoms with E-state index in [1.54, 1.807) is 25.1 Å². The van der Waals surface area contributed by atoms with Crippen molar-refractivity contribution in [2.75, 3.05) is 18.5 Å². The van der Waals surface area contributed by atoms with Crippen LogP contribution in [-0.4, -0.2) is 36.8 Å². The maximum atomic E-state index is 13.5. The summed E-state index contributed by atoms with van der Waals surface area (Å²) in [4.78, 5) is 26.0. The van der Waals surface area contributed by atoms with Gasteiger partial charge in [0.05, 0.1) is 12.7 Å². The van der Waals surface area contributed by atoms with E-state index in [1.807, 2.05) is 20.8 Å². The van der Waals surface area contributed by atoms with Crippen LogP contribution in [-0.2, 0) is 14.3 Å². The third-order valence-electron chi connectivity index (χ3n) is 4.57. The van der Waals surface area contributed by atoms with Crippen LogP contribution in [0, 0.1) is 11.8 Å². The topological polar surface area (TPSA) is 73.9 Å². The number of anilines is 1. The predicted octanol–water partition coefficient (Wildman–Crippen LogP) is 5.85. The summed E-state index contributed by atoms with van der Waals surface area (Å²) in [5.74, 6) is 0.351. The minimum Gasteiger partial charge on any atom is -0.490 e. The highest BCUT2D eigenvalue weighted by atomic mass is 16.5. The first-order valence-electron chi connectivity index (χ1n) is 11.5. The molecule has 1 aromatic rings. The van der Waals surface area contributed by atoms with Crippen molar-refractivity contribution in [3.05, 3.63) is 23.8 Å². The van der Waals surface area contributed by atoms with Gasteiger partial charge in [-0.1, -0.05) is 34.6 Å². The molecule has 0 saturated carbocycles. The Balaban J connectivity index is 3.29. The number of carbonyl (C=O) groups excluding carboxylic acids is 2. The van der Waals surface area contributed by atoms with Gasteiger partial charge in [-0.3, -0.25) is 4.79 Å². The van der Waals surface area contributed by atoms with Crippen molar-refractivity contribution in [1.82, 2.24) is 0 Å². The number of amides is 1. The molecule has 0 atom stereocenters. The van der Waals surface area contributed by atoms with E-state index >= 15 is 0 Å². The Labute approximate surface area is 188 Å². The summed E-state index contributed by atoms with van der Waals surface area (Å²) in [6.45, 7) is 16.7. The highest BCUT2D eigenvalue weighted by Gasteiger charge is 2.40. The summed E-state index contributed by atoms with van der Waals surface area (Å²) in [7, 11) is 0. The number of ether oxygens (including phenoxy) is 3. The third-order valence-corrected chi connectivity index (χ3v) is 4.57. The van der Waals surface area contributed by atoms with Gasteiger partial charge in [0.15, 0.2) is 0 Å². The number of hydrogen-bond donors (Lipinski definition) is 1. The molecule has 176 valence electrons. The molecule has 0 aliphatic rings. The lowest BCUT2D eigenvalue weighted by molar-refractivity contribution is -0.147. The molecule has 0 radical (unpaired) electrons. The zero-order valence-electron chi connectivity index (χ0n) is 20.5. The molecule has 1 amide bonds. The molecule has 1 rings (SSSR count). The molecule has 1 N–H and O–H groups in total. The molecule has 6 heteroatoms. The minimum absolute atomic E-state index is 0.0965. The molecule has 0 heterocycles. The summed E-state index contributed by atoms with van der Waals surface area (Å²) in [5, 5.41) is 2.99. The van der Waals surface area contributed by atoms with E-state index in [2.05, 4.69) is 33.0 Å². The smallest absolute Gasteiger partial charge is 0.341 e. The van der Waals surface area contributed by atoms with Crippen molar-refractivity contribution in [1.29, 1.82) is 0 Å². The summed E-state index contributed by atoms with van der Waals surface area (Å²) in [6, 6.07) is 5.05. The quantitative estimate of drug-likeness (QED) is 0.394. The number of carbonyl (C=O) groups is 2. The summed E-state index contributed by atoms with van der Waals surface area (Å²) in [6.07, 6.45) is 1.98. The predicted molar refractivity (Wildman–Crippen MR) is 125 cm³/mol. The fourth-order valence-corrected chi connectivity index (χ4v) is 3.65. The van der Waals surface area contributed by atoms with Gasteiger partial charge in [0.1, 0.15) is 16.9 Å². The van der Waals surface area contributed by atoms with Gasteiger partial charge in [-0.2, -0.15) is 0 Å². The van der Waals surface area contributed by atoms with Crippen LogP contribution in [0.25, 0.3) is 0 Å². The monoisotopic (exact) mass is 435 g/mol. The van der Waals surface area contributed by atoms with Gasteiger partial charge >= 0.3 is 5.97 Å². The van der Waals surface area contributed by atoms with Gasteiger partial charge in [0, 0.05) is 12.3 Å². The van der Waals surface area contributed by atoms with Crippen molar-refractivity contribution in [2.24, 2.45) is 11.8 Å². The van der Waals surface area contributed by atoms with Crippen LogP contribution in [0.1, 0.15) is 85.0 Å². The largest absolute Gasteiger partial charge is 0.490 e. The average Bonchev–Trinajstić information content (AvgIpc) is 2.66. The first kappa shape index (κ1) is 27.0. The number of nitrogens with one attached hydrogen (secondary N) is 1. The molecule has 0 aromatic heterocycles. The van der Waals surface area contributed by atoms with Gasteiger partial charge in [0.2, 0.25) is 0 Å². The van der Waals surface area contributed by atoms with Crippen LogP contribution in [0.3, 0.4) is 0 Å². The SMILES string of the molecule is CCCOC(CC(C)C)(CC(C)C)C(=O)Nc1ccc(OC(C)C)c(C(=O)OCC)c1. The lowest BCUT2D eigenvalue weighted by Gasteiger charge is -2.35. The van der Waals surface area contributed by atoms with E-state index in [0.717, 1.165) is 6.42 Å². The Morgan fingerprint density at radius 2 is 1.61 bits per heavy atom. The fourth-order valence-electron chi connectivity index (χ4n) is 3.65. The zero-order valence-corrected chi connectivity index (χ0v) is 20.5. The second-order valence-corrected chi connectivity index (χ2v) is 9.09. The lowest BCUT2D eigenvalue weighted by Crippen LogP contribution is -2.48. The molecule has 6 nitrogen and oxygen atoms in total. The summed E-state index contributed by atoms with van der Waals surface area (Å²) >= 11 is 0. The average molecular weight is 436 g/mol. The number of rotatable bonds is 13. The molecule has 0 bridgehead atoms. The van der Waals surface area contributed by atoms with E-state index in [-0.39, 0.29) is 18.6 Å². The van der Waals surface area contributed by atoms with Gasteiger partial charge in [0.25, 0.3) is 5.91 Å². The minimum atomic E-state index is -0.921.